The van der Waals surface area contributed by atoms with E-state index >= 15 is 0 Å². The molecule has 0 unspecified atom stereocenters. The van der Waals surface area contributed by atoms with Crippen molar-refractivity contribution >= 4 is 16.9 Å². The Morgan fingerprint density at radius 1 is 1.09 bits per heavy atom. The second-order valence-corrected chi connectivity index (χ2v) is 9.47. The van der Waals surface area contributed by atoms with E-state index in [2.05, 4.69) is 80.9 Å². The normalized spacial score (nSPS) is 11.5. The number of carbonyl (C=O) groups excluding carboxylic acids is 1. The van der Waals surface area contributed by atoms with Crippen LogP contribution in [0.15, 0.2) is 42.5 Å². The Morgan fingerprint density at radius 2 is 1.85 bits per heavy atom. The van der Waals surface area contributed by atoms with E-state index in [1.807, 2.05) is 6.07 Å². The molecular formula is C29H41N3O2. The molecule has 184 valence electrons. The summed E-state index contributed by atoms with van der Waals surface area (Å²) in [5.74, 6) is 2.81. The predicted molar refractivity (Wildman–Crippen MR) is 141 cm³/mol. The van der Waals surface area contributed by atoms with E-state index in [9.17, 15) is 4.79 Å². The van der Waals surface area contributed by atoms with Crippen LogP contribution in [-0.2, 0) is 17.8 Å². The molecule has 0 aliphatic heterocycles. The average molecular weight is 464 g/mol. The van der Waals surface area contributed by atoms with E-state index in [4.69, 9.17) is 9.72 Å². The summed E-state index contributed by atoms with van der Waals surface area (Å²) in [6.45, 7) is 12.9. The lowest BCUT2D eigenvalue weighted by molar-refractivity contribution is -0.125. The fourth-order valence-electron chi connectivity index (χ4n) is 4.48. The highest BCUT2D eigenvalue weighted by atomic mass is 16.5. The summed E-state index contributed by atoms with van der Waals surface area (Å²) in [7, 11) is 0. The third kappa shape index (κ3) is 6.62. The highest BCUT2D eigenvalue weighted by molar-refractivity contribution is 5.78. The Kier molecular flexibility index (Phi) is 9.55. The molecule has 0 radical (unpaired) electrons. The molecule has 0 fully saturated rings. The maximum Gasteiger partial charge on any atom is 0.223 e. The molecule has 3 rings (SSSR count). The van der Waals surface area contributed by atoms with Crippen molar-refractivity contribution in [3.05, 3.63) is 59.4 Å². The van der Waals surface area contributed by atoms with Crippen molar-refractivity contribution in [3.63, 3.8) is 0 Å². The van der Waals surface area contributed by atoms with Crippen LogP contribution in [0.2, 0.25) is 0 Å². The number of rotatable bonds is 13. The number of imidazole rings is 1. The summed E-state index contributed by atoms with van der Waals surface area (Å²) in [5.41, 5.74) is 4.67. The number of aromatic nitrogens is 2. The van der Waals surface area contributed by atoms with Gasteiger partial charge in [-0.1, -0.05) is 52.0 Å². The van der Waals surface area contributed by atoms with Gasteiger partial charge in [0.15, 0.2) is 0 Å². The van der Waals surface area contributed by atoms with Crippen LogP contribution in [0.1, 0.15) is 76.2 Å². The molecule has 0 atom stereocenters. The van der Waals surface area contributed by atoms with Gasteiger partial charge in [0, 0.05) is 25.4 Å². The summed E-state index contributed by atoms with van der Waals surface area (Å²) in [4.78, 5) is 17.1. The number of benzene rings is 2. The number of fused-ring (bicyclic) bond motifs is 1. The Morgan fingerprint density at radius 3 is 2.59 bits per heavy atom. The van der Waals surface area contributed by atoms with Crippen molar-refractivity contribution < 1.29 is 9.53 Å². The lowest BCUT2D eigenvalue weighted by atomic mass is 10.0. The van der Waals surface area contributed by atoms with Crippen molar-refractivity contribution in [3.8, 4) is 5.75 Å². The average Bonchev–Trinajstić information content (AvgIpc) is 3.17. The Bertz CT molecular complexity index is 1070. The summed E-state index contributed by atoms with van der Waals surface area (Å²) in [6.07, 6.45) is 4.41. The Balaban J connectivity index is 1.60. The van der Waals surface area contributed by atoms with Gasteiger partial charge in [-0.25, -0.2) is 4.98 Å². The van der Waals surface area contributed by atoms with Crippen molar-refractivity contribution in [2.24, 2.45) is 5.92 Å². The minimum absolute atomic E-state index is 0.120. The molecule has 0 saturated heterocycles. The molecule has 1 amide bonds. The van der Waals surface area contributed by atoms with Crippen molar-refractivity contribution in [1.29, 1.82) is 0 Å². The standard InChI is InChI=1S/C29H41N3O2/c1-6-23(7-2)29(33)30-17-10-14-28-31-25-12-8-9-13-26(25)32(28)18-11-19-34-27-20-22(5)15-16-24(27)21(3)4/h8-9,12-13,15-16,20-21,23H,6-7,10-11,14,17-19H2,1-5H3,(H,30,33). The second-order valence-electron chi connectivity index (χ2n) is 9.47. The monoisotopic (exact) mass is 463 g/mol. The van der Waals surface area contributed by atoms with Crippen molar-refractivity contribution in [1.82, 2.24) is 14.9 Å². The maximum absolute atomic E-state index is 12.3. The summed E-state index contributed by atoms with van der Waals surface area (Å²) >= 11 is 0. The first-order valence-corrected chi connectivity index (χ1v) is 12.9. The molecular weight excluding hydrogens is 422 g/mol. The molecule has 0 spiro atoms. The highest BCUT2D eigenvalue weighted by Gasteiger charge is 2.14. The molecule has 5 heteroatoms. The lowest BCUT2D eigenvalue weighted by Gasteiger charge is -2.16. The van der Waals surface area contributed by atoms with E-state index in [0.29, 0.717) is 19.1 Å². The van der Waals surface area contributed by atoms with Crippen LogP contribution in [0.25, 0.3) is 11.0 Å². The van der Waals surface area contributed by atoms with Gasteiger partial charge in [-0.3, -0.25) is 4.79 Å². The Hall–Kier alpha value is -2.82. The van der Waals surface area contributed by atoms with Gasteiger partial charge in [0.1, 0.15) is 11.6 Å². The van der Waals surface area contributed by atoms with Crippen molar-refractivity contribution in [2.75, 3.05) is 13.2 Å². The molecule has 1 aromatic heterocycles. The zero-order valence-corrected chi connectivity index (χ0v) is 21.6. The van der Waals surface area contributed by atoms with Crippen LogP contribution in [0.4, 0.5) is 0 Å². The number of nitrogens with zero attached hydrogens (tertiary/aromatic N) is 2. The molecule has 1 N–H and O–H groups in total. The summed E-state index contributed by atoms with van der Waals surface area (Å²) in [5, 5.41) is 3.10. The zero-order chi connectivity index (χ0) is 24.5. The molecule has 34 heavy (non-hydrogen) atoms. The van der Waals surface area contributed by atoms with Crippen LogP contribution in [0.5, 0.6) is 5.75 Å². The number of aryl methyl sites for hydroxylation is 3. The number of carbonyl (C=O) groups is 1. The fourth-order valence-corrected chi connectivity index (χ4v) is 4.48. The van der Waals surface area contributed by atoms with Gasteiger partial charge in [-0.15, -0.1) is 0 Å². The first kappa shape index (κ1) is 25.8. The van der Waals surface area contributed by atoms with E-state index in [0.717, 1.165) is 61.3 Å². The number of ether oxygens (including phenoxy) is 1. The van der Waals surface area contributed by atoms with Crippen LogP contribution >= 0.6 is 0 Å². The third-order valence-corrected chi connectivity index (χ3v) is 6.54. The molecule has 2 aromatic carbocycles. The van der Waals surface area contributed by atoms with Gasteiger partial charge in [0.2, 0.25) is 5.91 Å². The molecule has 0 bridgehead atoms. The summed E-state index contributed by atoms with van der Waals surface area (Å²) < 4.78 is 8.54. The summed E-state index contributed by atoms with van der Waals surface area (Å²) in [6, 6.07) is 14.8. The number of hydrogen-bond donors (Lipinski definition) is 1. The maximum atomic E-state index is 12.3. The minimum atomic E-state index is 0.120. The quantitative estimate of drug-likeness (QED) is 0.298. The molecule has 3 aromatic rings. The molecule has 0 saturated carbocycles. The molecule has 1 heterocycles. The van der Waals surface area contributed by atoms with Crippen LogP contribution < -0.4 is 10.1 Å². The Labute approximate surface area is 204 Å². The van der Waals surface area contributed by atoms with Crippen LogP contribution in [0.3, 0.4) is 0 Å². The third-order valence-electron chi connectivity index (χ3n) is 6.54. The lowest BCUT2D eigenvalue weighted by Crippen LogP contribution is -2.31. The first-order valence-electron chi connectivity index (χ1n) is 12.9. The van der Waals surface area contributed by atoms with Gasteiger partial charge in [-0.2, -0.15) is 0 Å². The second kappa shape index (κ2) is 12.6. The van der Waals surface area contributed by atoms with E-state index in [1.54, 1.807) is 0 Å². The molecule has 5 nitrogen and oxygen atoms in total. The molecule has 0 aliphatic rings. The highest BCUT2D eigenvalue weighted by Crippen LogP contribution is 2.27. The topological polar surface area (TPSA) is 56.2 Å². The van der Waals surface area contributed by atoms with Crippen LogP contribution in [0, 0.1) is 12.8 Å². The zero-order valence-electron chi connectivity index (χ0n) is 21.6. The molecule has 0 aliphatic carbocycles. The van der Waals surface area contributed by atoms with Gasteiger partial charge in [-0.05, 0) is 67.9 Å². The smallest absolute Gasteiger partial charge is 0.223 e. The number of hydrogen-bond acceptors (Lipinski definition) is 3. The van der Waals surface area contributed by atoms with E-state index in [-0.39, 0.29) is 11.8 Å². The SMILES string of the molecule is CCC(CC)C(=O)NCCCc1nc2ccccc2n1CCCOc1cc(C)ccc1C(C)C. The first-order chi connectivity index (χ1) is 16.4. The van der Waals surface area contributed by atoms with Gasteiger partial charge >= 0.3 is 0 Å². The predicted octanol–water partition coefficient (Wildman–Crippen LogP) is 6.42. The number of amides is 1. The van der Waals surface area contributed by atoms with E-state index < -0.39 is 0 Å². The number of para-hydroxylation sites is 2. The van der Waals surface area contributed by atoms with E-state index in [1.165, 1.54) is 11.1 Å². The minimum Gasteiger partial charge on any atom is -0.493 e. The van der Waals surface area contributed by atoms with Gasteiger partial charge in [0.05, 0.1) is 17.6 Å². The largest absolute Gasteiger partial charge is 0.493 e. The van der Waals surface area contributed by atoms with Gasteiger partial charge in [0.25, 0.3) is 0 Å². The van der Waals surface area contributed by atoms with Crippen molar-refractivity contribution in [2.45, 2.75) is 79.2 Å². The van der Waals surface area contributed by atoms with Gasteiger partial charge < -0.3 is 14.6 Å². The number of nitrogens with one attached hydrogen (secondary N) is 1. The van der Waals surface area contributed by atoms with Crippen LogP contribution in [-0.4, -0.2) is 28.6 Å². The fraction of sp³-hybridized carbons (Fsp3) is 0.517.